The number of H-pyrrole nitrogens is 1. The number of methoxy groups -OCH3 is 1. The first-order chi connectivity index (χ1) is 12.3. The number of pyridine rings is 2. The molecule has 2 heterocycles. The van der Waals surface area contributed by atoms with Gasteiger partial charge in [-0.05, 0) is 29.8 Å². The van der Waals surface area contributed by atoms with E-state index < -0.39 is 0 Å². The van der Waals surface area contributed by atoms with Gasteiger partial charge in [-0.1, -0.05) is 30.3 Å². The second-order valence-corrected chi connectivity index (χ2v) is 5.79. The minimum atomic E-state index is -0.124. The molecule has 2 aromatic heterocycles. The van der Waals surface area contributed by atoms with E-state index in [0.29, 0.717) is 17.6 Å². The predicted octanol–water partition coefficient (Wildman–Crippen LogP) is 3.70. The van der Waals surface area contributed by atoms with E-state index in [1.54, 1.807) is 13.3 Å². The first kappa shape index (κ1) is 15.2. The molecule has 0 saturated heterocycles. The summed E-state index contributed by atoms with van der Waals surface area (Å²) >= 11 is 0. The molecule has 0 atom stereocenters. The Labute approximate surface area is 144 Å². The van der Waals surface area contributed by atoms with Crippen molar-refractivity contribution in [2.45, 2.75) is 6.54 Å². The normalized spacial score (nSPS) is 10.9. The van der Waals surface area contributed by atoms with Crippen LogP contribution in [0.4, 0.5) is 5.69 Å². The number of benzene rings is 2. The zero-order chi connectivity index (χ0) is 17.2. The van der Waals surface area contributed by atoms with E-state index in [0.717, 1.165) is 27.8 Å². The zero-order valence-electron chi connectivity index (χ0n) is 13.7. The van der Waals surface area contributed by atoms with Crippen molar-refractivity contribution in [1.82, 2.24) is 9.97 Å². The van der Waals surface area contributed by atoms with Gasteiger partial charge < -0.3 is 15.0 Å². The van der Waals surface area contributed by atoms with Gasteiger partial charge in [-0.25, -0.2) is 4.98 Å². The number of fused-ring (bicyclic) bond motifs is 3. The lowest BCUT2D eigenvalue weighted by molar-refractivity contribution is 0.414. The molecular formula is C20H17N3O2. The minimum absolute atomic E-state index is 0.124. The van der Waals surface area contributed by atoms with Crippen molar-refractivity contribution in [1.29, 1.82) is 0 Å². The molecule has 124 valence electrons. The lowest BCUT2D eigenvalue weighted by atomic mass is 10.1. The van der Waals surface area contributed by atoms with E-state index in [2.05, 4.69) is 15.3 Å². The smallest absolute Gasteiger partial charge is 0.257 e. The van der Waals surface area contributed by atoms with E-state index in [-0.39, 0.29) is 5.56 Å². The average molecular weight is 331 g/mol. The van der Waals surface area contributed by atoms with E-state index in [4.69, 9.17) is 4.74 Å². The predicted molar refractivity (Wildman–Crippen MR) is 100 cm³/mol. The number of aromatic nitrogens is 2. The molecule has 2 N–H and O–H groups in total. The van der Waals surface area contributed by atoms with Gasteiger partial charge in [0.1, 0.15) is 11.4 Å². The lowest BCUT2D eigenvalue weighted by Crippen LogP contribution is -2.09. The van der Waals surface area contributed by atoms with Crippen molar-refractivity contribution < 1.29 is 4.74 Å². The lowest BCUT2D eigenvalue weighted by Gasteiger charge is -2.12. The summed E-state index contributed by atoms with van der Waals surface area (Å²) in [6.45, 7) is 0.643. The summed E-state index contributed by atoms with van der Waals surface area (Å²) in [5.74, 6) is 0.827. The van der Waals surface area contributed by atoms with Gasteiger partial charge in [-0.15, -0.1) is 0 Å². The summed E-state index contributed by atoms with van der Waals surface area (Å²) < 4.78 is 5.27. The van der Waals surface area contributed by atoms with E-state index in [1.807, 2.05) is 54.6 Å². The van der Waals surface area contributed by atoms with E-state index in [1.165, 1.54) is 0 Å². The number of hydrogen-bond donors (Lipinski definition) is 2. The van der Waals surface area contributed by atoms with Crippen LogP contribution in [-0.2, 0) is 6.54 Å². The monoisotopic (exact) mass is 331 g/mol. The van der Waals surface area contributed by atoms with Gasteiger partial charge in [0.05, 0.1) is 7.11 Å². The Morgan fingerprint density at radius 3 is 2.76 bits per heavy atom. The van der Waals surface area contributed by atoms with E-state index in [9.17, 15) is 4.79 Å². The van der Waals surface area contributed by atoms with Gasteiger partial charge in [0.2, 0.25) is 0 Å². The second-order valence-electron chi connectivity index (χ2n) is 5.79. The molecule has 0 unspecified atom stereocenters. The van der Waals surface area contributed by atoms with Crippen LogP contribution in [0.1, 0.15) is 5.56 Å². The van der Waals surface area contributed by atoms with Crippen LogP contribution in [0.2, 0.25) is 0 Å². The van der Waals surface area contributed by atoms with Crippen molar-refractivity contribution in [3.63, 3.8) is 0 Å². The minimum Gasteiger partial charge on any atom is -0.497 e. The molecule has 0 fully saturated rings. The fraction of sp³-hybridized carbons (Fsp3) is 0.100. The highest BCUT2D eigenvalue weighted by Crippen LogP contribution is 2.27. The molecule has 0 amide bonds. The second kappa shape index (κ2) is 6.28. The molecule has 0 saturated carbocycles. The molecule has 2 aromatic carbocycles. The number of aromatic amines is 1. The van der Waals surface area contributed by atoms with Crippen molar-refractivity contribution in [3.8, 4) is 5.75 Å². The SMILES string of the molecule is COc1cccc(CNc2ccnc3[nH]c(=O)c4ccccc4c23)c1. The van der Waals surface area contributed by atoms with Crippen molar-refractivity contribution in [2.24, 2.45) is 0 Å². The van der Waals surface area contributed by atoms with Crippen LogP contribution in [0.3, 0.4) is 0 Å². The number of hydrogen-bond acceptors (Lipinski definition) is 4. The fourth-order valence-corrected chi connectivity index (χ4v) is 3.03. The van der Waals surface area contributed by atoms with Crippen molar-refractivity contribution >= 4 is 27.5 Å². The number of rotatable bonds is 4. The van der Waals surface area contributed by atoms with Crippen LogP contribution < -0.4 is 15.6 Å². The highest BCUT2D eigenvalue weighted by Gasteiger charge is 2.09. The Kier molecular flexibility index (Phi) is 3.82. The Balaban J connectivity index is 1.79. The molecule has 0 spiro atoms. The molecule has 0 aliphatic rings. The third kappa shape index (κ3) is 2.80. The Bertz CT molecular complexity index is 1120. The summed E-state index contributed by atoms with van der Waals surface area (Å²) in [6.07, 6.45) is 1.70. The Morgan fingerprint density at radius 1 is 1.08 bits per heavy atom. The molecule has 0 aliphatic heterocycles. The largest absolute Gasteiger partial charge is 0.497 e. The number of ether oxygens (including phenoxy) is 1. The summed E-state index contributed by atoms with van der Waals surface area (Å²) in [5, 5.41) is 5.92. The summed E-state index contributed by atoms with van der Waals surface area (Å²) in [7, 11) is 1.66. The van der Waals surface area contributed by atoms with Gasteiger partial charge in [0, 0.05) is 34.6 Å². The highest BCUT2D eigenvalue weighted by molar-refractivity contribution is 6.10. The van der Waals surface area contributed by atoms with Gasteiger partial charge >= 0.3 is 0 Å². The maximum absolute atomic E-state index is 12.2. The van der Waals surface area contributed by atoms with Crippen molar-refractivity contribution in [2.75, 3.05) is 12.4 Å². The molecule has 5 heteroatoms. The molecule has 4 aromatic rings. The third-order valence-electron chi connectivity index (χ3n) is 4.24. The average Bonchev–Trinajstić information content (AvgIpc) is 2.66. The van der Waals surface area contributed by atoms with Crippen LogP contribution in [-0.4, -0.2) is 17.1 Å². The zero-order valence-corrected chi connectivity index (χ0v) is 13.7. The van der Waals surface area contributed by atoms with Gasteiger partial charge in [0.15, 0.2) is 0 Å². The molecule has 4 rings (SSSR count). The van der Waals surface area contributed by atoms with Crippen molar-refractivity contribution in [3.05, 3.63) is 76.7 Å². The molecule has 0 radical (unpaired) electrons. The molecule has 25 heavy (non-hydrogen) atoms. The first-order valence-electron chi connectivity index (χ1n) is 8.03. The summed E-state index contributed by atoms with van der Waals surface area (Å²) in [6, 6.07) is 17.4. The van der Waals surface area contributed by atoms with E-state index >= 15 is 0 Å². The molecule has 0 bridgehead atoms. The van der Waals surface area contributed by atoms with Crippen LogP contribution in [0.5, 0.6) is 5.75 Å². The third-order valence-corrected chi connectivity index (χ3v) is 4.24. The quantitative estimate of drug-likeness (QED) is 0.560. The topological polar surface area (TPSA) is 67.0 Å². The molecule has 5 nitrogen and oxygen atoms in total. The number of nitrogens with one attached hydrogen (secondary N) is 2. The van der Waals surface area contributed by atoms with Crippen LogP contribution in [0, 0.1) is 0 Å². The van der Waals surface area contributed by atoms with Gasteiger partial charge in [0.25, 0.3) is 5.56 Å². The maximum Gasteiger partial charge on any atom is 0.257 e. The van der Waals surface area contributed by atoms with Gasteiger partial charge in [-0.2, -0.15) is 0 Å². The Morgan fingerprint density at radius 2 is 1.92 bits per heavy atom. The summed E-state index contributed by atoms with van der Waals surface area (Å²) in [4.78, 5) is 19.4. The van der Waals surface area contributed by atoms with Gasteiger partial charge in [-0.3, -0.25) is 4.79 Å². The van der Waals surface area contributed by atoms with Crippen LogP contribution in [0.25, 0.3) is 21.8 Å². The maximum atomic E-state index is 12.2. The number of nitrogens with zero attached hydrogens (tertiary/aromatic N) is 1. The Hall–Kier alpha value is -3.34. The van der Waals surface area contributed by atoms with Crippen LogP contribution in [0.15, 0.2) is 65.6 Å². The first-order valence-corrected chi connectivity index (χ1v) is 8.03. The number of anilines is 1. The summed E-state index contributed by atoms with van der Waals surface area (Å²) in [5.41, 5.74) is 2.50. The fourth-order valence-electron chi connectivity index (χ4n) is 3.03. The van der Waals surface area contributed by atoms with Crippen LogP contribution >= 0.6 is 0 Å². The standard InChI is InChI=1S/C20H17N3O2/c1-25-14-6-4-5-13(11-14)12-22-17-9-10-21-19-18(17)15-7-2-3-8-16(15)20(24)23-19/h2-11H,12H2,1H3,(H2,21,22,23,24). The molecular weight excluding hydrogens is 314 g/mol. The molecule has 0 aliphatic carbocycles. The highest BCUT2D eigenvalue weighted by atomic mass is 16.5.